The van der Waals surface area contributed by atoms with Crippen molar-refractivity contribution in [2.75, 3.05) is 52.5 Å². The number of hydrogen-bond donors (Lipinski definition) is 2. The molecule has 5 aromatic heterocycles. The summed E-state index contributed by atoms with van der Waals surface area (Å²) in [6.07, 6.45) is 12.1. The van der Waals surface area contributed by atoms with Gasteiger partial charge in [0.05, 0.1) is 11.9 Å². The molecule has 2 fully saturated rings. The Morgan fingerprint density at radius 1 is 0.702 bits per heavy atom. The van der Waals surface area contributed by atoms with Gasteiger partial charge in [0, 0.05) is 59.6 Å². The summed E-state index contributed by atoms with van der Waals surface area (Å²) in [5.74, 6) is 0.917. The topological polar surface area (TPSA) is 108 Å². The Bertz CT molecular complexity index is 2010. The zero-order valence-electron chi connectivity index (χ0n) is 26.2. The lowest BCUT2D eigenvalue weighted by Crippen LogP contribution is -2.25. The minimum absolute atomic E-state index is 0.341. The summed E-state index contributed by atoms with van der Waals surface area (Å²) in [5.41, 5.74) is 6.25. The van der Waals surface area contributed by atoms with Crippen molar-refractivity contribution >= 4 is 22.1 Å². The largest absolute Gasteiger partial charge is 0.492 e. The number of likely N-dealkylation sites (tertiary alicyclic amines) is 2. The van der Waals surface area contributed by atoms with E-state index in [0.29, 0.717) is 30.3 Å². The molecule has 0 radical (unpaired) electrons. The molecule has 1 aromatic carbocycles. The molecule has 0 saturated carbocycles. The van der Waals surface area contributed by atoms with Gasteiger partial charge < -0.3 is 14.5 Å². The number of aromatic nitrogens is 6. The summed E-state index contributed by atoms with van der Waals surface area (Å²) < 4.78 is 26.9. The molecule has 0 unspecified atom stereocenters. The second-order valence-corrected chi connectivity index (χ2v) is 12.4. The van der Waals surface area contributed by atoms with E-state index in [1.165, 1.54) is 37.8 Å². The van der Waals surface area contributed by atoms with Gasteiger partial charge in [0.2, 0.25) is 0 Å². The van der Waals surface area contributed by atoms with Gasteiger partial charge in [-0.1, -0.05) is 0 Å². The molecule has 7 heterocycles. The second-order valence-electron chi connectivity index (χ2n) is 12.4. The fourth-order valence-corrected chi connectivity index (χ4v) is 6.73. The summed E-state index contributed by atoms with van der Waals surface area (Å²) in [7, 11) is 0. The van der Waals surface area contributed by atoms with Crippen LogP contribution >= 0.6 is 0 Å². The number of benzene rings is 1. The average molecular weight is 633 g/mol. The van der Waals surface area contributed by atoms with Crippen LogP contribution in [0.1, 0.15) is 25.7 Å². The first kappa shape index (κ1) is 29.5. The Morgan fingerprint density at radius 2 is 1.43 bits per heavy atom. The van der Waals surface area contributed by atoms with Gasteiger partial charge in [0.1, 0.15) is 41.9 Å². The minimum atomic E-state index is -0.341. The van der Waals surface area contributed by atoms with Crippen LogP contribution in [0.25, 0.3) is 55.7 Å². The first-order valence-electron chi connectivity index (χ1n) is 16.5. The van der Waals surface area contributed by atoms with E-state index in [2.05, 4.69) is 46.0 Å². The highest BCUT2D eigenvalue weighted by atomic mass is 19.1. The maximum atomic E-state index is 14.8. The molecule has 0 atom stereocenters. The fourth-order valence-electron chi connectivity index (χ4n) is 6.73. The van der Waals surface area contributed by atoms with Crippen molar-refractivity contribution in [1.29, 1.82) is 0 Å². The Morgan fingerprint density at radius 3 is 2.21 bits per heavy atom. The SMILES string of the molecule is Fc1cc(OCCN2CCCC2)cc(-c2ccnc3[nH]c(-c4n[nH]c5ncc(-c6cncc(OCCN7CCCC7)c6)cc45)cc23)c1. The molecule has 2 N–H and O–H groups in total. The zero-order chi connectivity index (χ0) is 31.6. The highest BCUT2D eigenvalue weighted by Gasteiger charge is 2.18. The summed E-state index contributed by atoms with van der Waals surface area (Å²) in [5, 5.41) is 9.39. The van der Waals surface area contributed by atoms with Crippen molar-refractivity contribution in [3.63, 3.8) is 0 Å². The van der Waals surface area contributed by atoms with E-state index in [1.54, 1.807) is 12.4 Å². The number of fused-ring (bicyclic) bond motifs is 2. The van der Waals surface area contributed by atoms with E-state index in [9.17, 15) is 4.39 Å². The normalized spacial score (nSPS) is 15.7. The van der Waals surface area contributed by atoms with Crippen molar-refractivity contribution in [3.8, 4) is 45.1 Å². The van der Waals surface area contributed by atoms with Crippen molar-refractivity contribution in [2.45, 2.75) is 25.7 Å². The van der Waals surface area contributed by atoms with Crippen LogP contribution in [0.5, 0.6) is 11.5 Å². The number of nitrogens with zero attached hydrogens (tertiary/aromatic N) is 6. The van der Waals surface area contributed by atoms with Crippen LogP contribution in [0.2, 0.25) is 0 Å². The Hall–Kier alpha value is -4.87. The van der Waals surface area contributed by atoms with Crippen molar-refractivity contribution in [2.24, 2.45) is 0 Å². The maximum Gasteiger partial charge on any atom is 0.155 e. The molecule has 0 spiro atoms. The second kappa shape index (κ2) is 13.1. The van der Waals surface area contributed by atoms with Crippen LogP contribution in [-0.2, 0) is 0 Å². The predicted molar refractivity (Wildman–Crippen MR) is 180 cm³/mol. The summed E-state index contributed by atoms with van der Waals surface area (Å²) >= 11 is 0. The molecular formula is C36H37FN8O2. The van der Waals surface area contributed by atoms with Gasteiger partial charge in [0.15, 0.2) is 5.65 Å². The van der Waals surface area contributed by atoms with E-state index in [-0.39, 0.29) is 5.82 Å². The van der Waals surface area contributed by atoms with Gasteiger partial charge in [-0.05, 0) is 99.4 Å². The van der Waals surface area contributed by atoms with Crippen LogP contribution in [0.3, 0.4) is 0 Å². The van der Waals surface area contributed by atoms with Crippen LogP contribution in [0.4, 0.5) is 4.39 Å². The van der Waals surface area contributed by atoms with E-state index in [4.69, 9.17) is 9.47 Å². The number of H-pyrrole nitrogens is 2. The molecule has 8 rings (SSSR count). The lowest BCUT2D eigenvalue weighted by Gasteiger charge is -2.15. The van der Waals surface area contributed by atoms with Crippen molar-refractivity contribution in [1.82, 2.24) is 39.9 Å². The molecule has 0 bridgehead atoms. The highest BCUT2D eigenvalue weighted by Crippen LogP contribution is 2.35. The monoisotopic (exact) mass is 632 g/mol. The molecule has 47 heavy (non-hydrogen) atoms. The average Bonchev–Trinajstić information content (AvgIpc) is 3.91. The molecule has 10 nitrogen and oxygen atoms in total. The number of halogens is 1. The summed E-state index contributed by atoms with van der Waals surface area (Å²) in [6.45, 7) is 7.42. The van der Waals surface area contributed by atoms with E-state index < -0.39 is 0 Å². The Balaban J connectivity index is 1.05. The maximum absolute atomic E-state index is 14.8. The standard InChI is InChI=1S/C36H37FN8O2/c37-27-15-24(16-28(19-27)46-13-11-44-7-1-2-8-44)30-5-6-39-35-31(30)20-33(41-35)34-32-18-26(22-40-36(32)43-42-34)25-17-29(23-38-21-25)47-14-12-45-9-3-4-10-45/h5-6,15-23H,1-4,7-14H2,(H,39,41)(H,40,42,43). The van der Waals surface area contributed by atoms with Crippen LogP contribution in [0, 0.1) is 5.82 Å². The van der Waals surface area contributed by atoms with Gasteiger partial charge >= 0.3 is 0 Å². The third kappa shape index (κ3) is 6.41. The molecule has 6 aromatic rings. The first-order chi connectivity index (χ1) is 23.2. The van der Waals surface area contributed by atoms with Crippen LogP contribution < -0.4 is 9.47 Å². The molecule has 11 heteroatoms. The van der Waals surface area contributed by atoms with E-state index >= 15 is 0 Å². The van der Waals surface area contributed by atoms with Crippen molar-refractivity contribution < 1.29 is 13.9 Å². The number of rotatable bonds is 11. The zero-order valence-corrected chi connectivity index (χ0v) is 26.2. The summed E-state index contributed by atoms with van der Waals surface area (Å²) in [6, 6.07) is 12.8. The third-order valence-electron chi connectivity index (χ3n) is 9.18. The van der Waals surface area contributed by atoms with Crippen LogP contribution in [-0.4, -0.2) is 92.4 Å². The molecule has 2 saturated heterocycles. The number of hydrogen-bond acceptors (Lipinski definition) is 8. The van der Waals surface area contributed by atoms with E-state index in [0.717, 1.165) is 89.4 Å². The van der Waals surface area contributed by atoms with Gasteiger partial charge in [-0.3, -0.25) is 19.9 Å². The fraction of sp³-hybridized carbons (Fsp3) is 0.333. The number of aromatic amines is 2. The molecule has 0 aliphatic carbocycles. The number of nitrogens with one attached hydrogen (secondary N) is 2. The van der Waals surface area contributed by atoms with Crippen LogP contribution in [0.15, 0.2) is 67.3 Å². The van der Waals surface area contributed by atoms with Gasteiger partial charge in [-0.2, -0.15) is 5.10 Å². The first-order valence-corrected chi connectivity index (χ1v) is 16.5. The predicted octanol–water partition coefficient (Wildman–Crippen LogP) is 6.32. The molecule has 2 aliphatic rings. The Kier molecular flexibility index (Phi) is 8.22. The summed E-state index contributed by atoms with van der Waals surface area (Å²) in [4.78, 5) is 21.9. The quantitative estimate of drug-likeness (QED) is 0.171. The third-order valence-corrected chi connectivity index (χ3v) is 9.18. The molecular weight excluding hydrogens is 595 g/mol. The lowest BCUT2D eigenvalue weighted by atomic mass is 10.0. The lowest BCUT2D eigenvalue weighted by molar-refractivity contribution is 0.237. The number of pyridine rings is 3. The Labute approximate surface area is 272 Å². The molecule has 240 valence electrons. The van der Waals surface area contributed by atoms with Crippen molar-refractivity contribution in [3.05, 3.63) is 73.1 Å². The molecule has 0 amide bonds. The highest BCUT2D eigenvalue weighted by molar-refractivity contribution is 5.99. The van der Waals surface area contributed by atoms with Gasteiger partial charge in [0.25, 0.3) is 0 Å². The van der Waals surface area contributed by atoms with Gasteiger partial charge in [-0.25, -0.2) is 14.4 Å². The van der Waals surface area contributed by atoms with E-state index in [1.807, 2.05) is 36.7 Å². The van der Waals surface area contributed by atoms with Gasteiger partial charge in [-0.15, -0.1) is 0 Å². The smallest absolute Gasteiger partial charge is 0.155 e. The minimum Gasteiger partial charge on any atom is -0.492 e. The number of ether oxygens (including phenoxy) is 2. The molecule has 2 aliphatic heterocycles.